The number of hydrogen-bond acceptors (Lipinski definition) is 3. The van der Waals surface area contributed by atoms with Gasteiger partial charge in [0.2, 0.25) is 0 Å². The molecule has 3 heterocycles. The van der Waals surface area contributed by atoms with Gasteiger partial charge in [0.15, 0.2) is 0 Å². The molecule has 2 aliphatic rings. The van der Waals surface area contributed by atoms with E-state index in [0.717, 1.165) is 6.54 Å². The number of pyridine rings is 1. The highest BCUT2D eigenvalue weighted by Crippen LogP contribution is 2.44. The van der Waals surface area contributed by atoms with E-state index in [-0.39, 0.29) is 0 Å². The van der Waals surface area contributed by atoms with Crippen molar-refractivity contribution < 1.29 is 0 Å². The van der Waals surface area contributed by atoms with Gasteiger partial charge in [-0.05, 0) is 45.1 Å². The van der Waals surface area contributed by atoms with E-state index >= 15 is 0 Å². The minimum atomic E-state index is 0.331. The molecule has 1 fully saturated rings. The first kappa shape index (κ1) is 13.3. The Morgan fingerprint density at radius 3 is 2.50 bits per heavy atom. The molecular formula is C15H25N3. The van der Waals surface area contributed by atoms with Crippen LogP contribution >= 0.6 is 0 Å². The second-order valence-electron chi connectivity index (χ2n) is 5.31. The van der Waals surface area contributed by atoms with Crippen LogP contribution in [0.2, 0.25) is 0 Å². The summed E-state index contributed by atoms with van der Waals surface area (Å²) in [6.07, 6.45) is 4.44. The van der Waals surface area contributed by atoms with Crippen LogP contribution in [-0.4, -0.2) is 43.6 Å². The first-order chi connectivity index (χ1) is 8.71. The smallest absolute Gasteiger partial charge is 0.0716 e. The molecule has 0 unspecified atom stereocenters. The summed E-state index contributed by atoms with van der Waals surface area (Å²) in [6, 6.07) is 4.25. The highest BCUT2D eigenvalue weighted by molar-refractivity contribution is 5.59. The number of likely N-dealkylation sites (N-methyl/N-ethyl adjacent to an activating group) is 1. The van der Waals surface area contributed by atoms with Crippen molar-refractivity contribution in [1.29, 1.82) is 0 Å². The number of fused-ring (bicyclic) bond motifs is 2. The second kappa shape index (κ2) is 5.27. The number of nitrogens with zero attached hydrogens (tertiary/aromatic N) is 3. The van der Waals surface area contributed by atoms with E-state index < -0.39 is 0 Å². The molecule has 0 radical (unpaired) electrons. The highest BCUT2D eigenvalue weighted by Gasteiger charge is 2.44. The highest BCUT2D eigenvalue weighted by atomic mass is 15.2. The van der Waals surface area contributed by atoms with E-state index in [0.29, 0.717) is 5.41 Å². The summed E-state index contributed by atoms with van der Waals surface area (Å²) in [7, 11) is 4.40. The summed E-state index contributed by atoms with van der Waals surface area (Å²) in [5, 5.41) is 0. The van der Waals surface area contributed by atoms with E-state index in [1.54, 1.807) is 0 Å². The molecule has 100 valence electrons. The van der Waals surface area contributed by atoms with E-state index in [9.17, 15) is 0 Å². The largest absolute Gasteiger partial charge is 0.372 e. The lowest BCUT2D eigenvalue weighted by Gasteiger charge is -2.37. The summed E-state index contributed by atoms with van der Waals surface area (Å²) in [5.74, 6) is 0. The number of rotatable bonds is 0. The predicted octanol–water partition coefficient (Wildman–Crippen LogP) is 2.52. The van der Waals surface area contributed by atoms with E-state index in [4.69, 9.17) is 0 Å². The summed E-state index contributed by atoms with van der Waals surface area (Å²) in [6.45, 7) is 7.54. The summed E-state index contributed by atoms with van der Waals surface area (Å²) >= 11 is 0. The van der Waals surface area contributed by atoms with Crippen LogP contribution in [0.1, 0.15) is 32.4 Å². The molecule has 0 bridgehead atoms. The van der Waals surface area contributed by atoms with Crippen molar-refractivity contribution >= 4 is 5.69 Å². The van der Waals surface area contributed by atoms with Gasteiger partial charge in [-0.1, -0.05) is 13.8 Å². The van der Waals surface area contributed by atoms with Crippen molar-refractivity contribution in [3.8, 4) is 0 Å². The fourth-order valence-electron chi connectivity index (χ4n) is 3.17. The van der Waals surface area contributed by atoms with E-state index in [1.165, 1.54) is 37.3 Å². The van der Waals surface area contributed by atoms with Crippen LogP contribution in [0.4, 0.5) is 5.69 Å². The van der Waals surface area contributed by atoms with Crippen LogP contribution < -0.4 is 4.90 Å². The Hall–Kier alpha value is -1.09. The van der Waals surface area contributed by atoms with Crippen molar-refractivity contribution in [2.75, 3.05) is 38.6 Å². The average Bonchev–Trinajstić information content (AvgIpc) is 2.70. The molecular weight excluding hydrogens is 222 g/mol. The Balaban J connectivity index is 0.000000574. The van der Waals surface area contributed by atoms with Gasteiger partial charge in [-0.25, -0.2) is 0 Å². The molecule has 1 aromatic rings. The third-order valence-corrected chi connectivity index (χ3v) is 4.18. The third-order valence-electron chi connectivity index (χ3n) is 4.18. The van der Waals surface area contributed by atoms with Crippen molar-refractivity contribution in [2.24, 2.45) is 0 Å². The van der Waals surface area contributed by atoms with Crippen LogP contribution in [0.3, 0.4) is 0 Å². The van der Waals surface area contributed by atoms with Gasteiger partial charge in [0.25, 0.3) is 0 Å². The standard InChI is InChI=1S/C13H19N3.C2H6/c1-15-8-5-13(6-9-15)10-16(2)11-4-3-7-14-12(11)13;1-2/h3-4,7H,5-6,8-10H2,1-2H3;1-2H3. The Bertz CT molecular complexity index is 394. The van der Waals surface area contributed by atoms with Crippen LogP contribution in [0.25, 0.3) is 0 Å². The summed E-state index contributed by atoms with van der Waals surface area (Å²) in [4.78, 5) is 9.44. The molecule has 3 rings (SSSR count). The van der Waals surface area contributed by atoms with Crippen LogP contribution in [0.15, 0.2) is 18.3 Å². The second-order valence-corrected chi connectivity index (χ2v) is 5.31. The molecule has 1 spiro atoms. The van der Waals surface area contributed by atoms with Gasteiger partial charge in [-0.15, -0.1) is 0 Å². The maximum atomic E-state index is 4.65. The van der Waals surface area contributed by atoms with Crippen molar-refractivity contribution in [1.82, 2.24) is 9.88 Å². The lowest BCUT2D eigenvalue weighted by atomic mass is 9.77. The number of piperidine rings is 1. The monoisotopic (exact) mass is 247 g/mol. The van der Waals surface area contributed by atoms with Gasteiger partial charge >= 0.3 is 0 Å². The third kappa shape index (κ3) is 2.12. The number of anilines is 1. The molecule has 2 aliphatic heterocycles. The molecule has 0 aromatic carbocycles. The molecule has 3 nitrogen and oxygen atoms in total. The normalized spacial score (nSPS) is 21.4. The Labute approximate surface area is 111 Å². The minimum absolute atomic E-state index is 0.331. The van der Waals surface area contributed by atoms with Gasteiger partial charge in [0.05, 0.1) is 11.4 Å². The van der Waals surface area contributed by atoms with Crippen molar-refractivity contribution in [3.05, 3.63) is 24.0 Å². The van der Waals surface area contributed by atoms with Crippen molar-refractivity contribution in [2.45, 2.75) is 32.1 Å². The first-order valence-electron chi connectivity index (χ1n) is 7.06. The number of aromatic nitrogens is 1. The van der Waals surface area contributed by atoms with Crippen LogP contribution in [0.5, 0.6) is 0 Å². The number of likely N-dealkylation sites (tertiary alicyclic amines) is 1. The zero-order valence-corrected chi connectivity index (χ0v) is 12.1. The van der Waals surface area contributed by atoms with Gasteiger partial charge in [0.1, 0.15) is 0 Å². The molecule has 0 N–H and O–H groups in total. The quantitative estimate of drug-likeness (QED) is 0.702. The molecule has 18 heavy (non-hydrogen) atoms. The molecule has 1 saturated heterocycles. The first-order valence-corrected chi connectivity index (χ1v) is 7.06. The Morgan fingerprint density at radius 2 is 1.83 bits per heavy atom. The van der Waals surface area contributed by atoms with E-state index in [1.807, 2.05) is 26.1 Å². The molecule has 3 heteroatoms. The van der Waals surface area contributed by atoms with Crippen LogP contribution in [0, 0.1) is 0 Å². The molecule has 1 aromatic heterocycles. The lowest BCUT2D eigenvalue weighted by molar-refractivity contribution is 0.194. The fourth-order valence-corrected chi connectivity index (χ4v) is 3.17. The maximum Gasteiger partial charge on any atom is 0.0716 e. The molecule has 0 atom stereocenters. The summed E-state index contributed by atoms with van der Waals surface area (Å²) < 4.78 is 0. The Morgan fingerprint density at radius 1 is 1.17 bits per heavy atom. The maximum absolute atomic E-state index is 4.65. The van der Waals surface area contributed by atoms with Gasteiger partial charge in [-0.2, -0.15) is 0 Å². The van der Waals surface area contributed by atoms with Gasteiger partial charge in [0, 0.05) is 25.2 Å². The molecule has 0 aliphatic carbocycles. The van der Waals surface area contributed by atoms with Crippen molar-refractivity contribution in [3.63, 3.8) is 0 Å². The zero-order valence-electron chi connectivity index (χ0n) is 12.1. The molecule has 0 saturated carbocycles. The molecule has 0 amide bonds. The lowest BCUT2D eigenvalue weighted by Crippen LogP contribution is -2.43. The van der Waals surface area contributed by atoms with Gasteiger partial charge in [-0.3, -0.25) is 4.98 Å². The average molecular weight is 247 g/mol. The van der Waals surface area contributed by atoms with Gasteiger partial charge < -0.3 is 9.80 Å². The number of hydrogen-bond donors (Lipinski definition) is 0. The Kier molecular flexibility index (Phi) is 3.91. The SMILES string of the molecule is CC.CN1CCC2(CC1)CN(C)c1cccnc12. The zero-order chi connectivity index (χ0) is 13.2. The van der Waals surface area contributed by atoms with Crippen LogP contribution in [-0.2, 0) is 5.41 Å². The predicted molar refractivity (Wildman–Crippen MR) is 77.3 cm³/mol. The fraction of sp³-hybridized carbons (Fsp3) is 0.667. The van der Waals surface area contributed by atoms with E-state index in [2.05, 4.69) is 34.9 Å². The topological polar surface area (TPSA) is 19.4 Å². The minimum Gasteiger partial charge on any atom is -0.372 e. The summed E-state index contributed by atoms with van der Waals surface area (Å²) in [5.41, 5.74) is 3.01.